The Morgan fingerprint density at radius 3 is 2.58 bits per heavy atom. The molecule has 0 aromatic carbocycles. The van der Waals surface area contributed by atoms with Gasteiger partial charge in [-0.2, -0.15) is 5.26 Å². The van der Waals surface area contributed by atoms with Crippen molar-refractivity contribution in [1.82, 2.24) is 15.3 Å². The Morgan fingerprint density at radius 2 is 2.00 bits per heavy atom. The minimum atomic E-state index is -0.403. The van der Waals surface area contributed by atoms with Crippen LogP contribution in [0.1, 0.15) is 17.0 Å². The molecule has 0 aliphatic carbocycles. The number of nitrogens with two attached hydrogens (primary N) is 1. The van der Waals surface area contributed by atoms with Crippen molar-refractivity contribution < 1.29 is 0 Å². The Balaban J connectivity index is 2.27. The van der Waals surface area contributed by atoms with Gasteiger partial charge in [0, 0.05) is 35.9 Å². The van der Waals surface area contributed by atoms with Gasteiger partial charge in [0.05, 0.1) is 28.3 Å². The van der Waals surface area contributed by atoms with E-state index in [-0.39, 0.29) is 4.99 Å². The van der Waals surface area contributed by atoms with Crippen LogP contribution in [0.3, 0.4) is 0 Å². The van der Waals surface area contributed by atoms with Crippen molar-refractivity contribution in [1.29, 1.82) is 5.26 Å². The van der Waals surface area contributed by atoms with Crippen LogP contribution >= 0.6 is 24.8 Å². The first-order valence-electron chi connectivity index (χ1n) is 7.08. The quantitative estimate of drug-likeness (QED) is 0.582. The molecule has 118 valence electrons. The zero-order valence-electron chi connectivity index (χ0n) is 12.5. The van der Waals surface area contributed by atoms with Gasteiger partial charge < -0.3 is 11.1 Å². The Bertz CT molecular complexity index is 882. The molecule has 1 aliphatic rings. The average Bonchev–Trinajstić information content (AvgIpc) is 2.62. The van der Waals surface area contributed by atoms with Crippen LogP contribution in [0.15, 0.2) is 65.2 Å². The summed E-state index contributed by atoms with van der Waals surface area (Å²) in [4.78, 5) is 8.39. The number of aromatic nitrogens is 2. The number of rotatable bonds is 3. The monoisotopic (exact) mass is 351 g/mol. The number of hydrogen-bond acceptors (Lipinski definition) is 6. The molecule has 7 heteroatoms. The fourth-order valence-corrected chi connectivity index (χ4v) is 3.20. The Hall–Kier alpha value is -2.69. The van der Waals surface area contributed by atoms with Crippen LogP contribution in [-0.4, -0.2) is 15.0 Å². The highest BCUT2D eigenvalue weighted by Gasteiger charge is 2.32. The molecular formula is C17H13N5S2. The Kier molecular flexibility index (Phi) is 4.60. The molecule has 2 aromatic heterocycles. The van der Waals surface area contributed by atoms with Crippen LogP contribution in [0, 0.1) is 11.3 Å². The minimum absolute atomic E-state index is 0.219. The van der Waals surface area contributed by atoms with Gasteiger partial charge >= 0.3 is 0 Å². The molecule has 0 fully saturated rings. The smallest absolute Gasteiger partial charge is 0.103 e. The summed E-state index contributed by atoms with van der Waals surface area (Å²) >= 11 is 9.75. The summed E-state index contributed by atoms with van der Waals surface area (Å²) in [6.07, 6.45) is 6.74. The number of nitrogens with zero attached hydrogens (tertiary/aromatic N) is 3. The number of pyridine rings is 2. The zero-order valence-corrected chi connectivity index (χ0v) is 14.2. The number of dihydropyridines is 1. The van der Waals surface area contributed by atoms with E-state index >= 15 is 0 Å². The summed E-state index contributed by atoms with van der Waals surface area (Å²) in [6.45, 7) is 0. The maximum atomic E-state index is 9.62. The van der Waals surface area contributed by atoms with E-state index in [9.17, 15) is 5.26 Å². The largest absolute Gasteiger partial charge is 0.390 e. The summed E-state index contributed by atoms with van der Waals surface area (Å²) in [5.41, 5.74) is 9.55. The summed E-state index contributed by atoms with van der Waals surface area (Å²) in [5.74, 6) is -0.403. The van der Waals surface area contributed by atoms with Gasteiger partial charge in [0.15, 0.2) is 0 Å². The van der Waals surface area contributed by atoms with Gasteiger partial charge in [-0.3, -0.25) is 9.97 Å². The molecule has 0 amide bonds. The lowest BCUT2D eigenvalue weighted by Gasteiger charge is -2.30. The van der Waals surface area contributed by atoms with Gasteiger partial charge in [0.1, 0.15) is 4.99 Å². The van der Waals surface area contributed by atoms with E-state index in [4.69, 9.17) is 18.0 Å². The van der Waals surface area contributed by atoms with Crippen molar-refractivity contribution in [3.05, 3.63) is 76.4 Å². The molecule has 0 saturated carbocycles. The van der Waals surface area contributed by atoms with Crippen molar-refractivity contribution in [2.24, 2.45) is 5.73 Å². The Morgan fingerprint density at radius 1 is 1.25 bits per heavy atom. The minimum Gasteiger partial charge on any atom is -0.390 e. The van der Waals surface area contributed by atoms with Gasteiger partial charge in [-0.25, -0.2) is 0 Å². The van der Waals surface area contributed by atoms with Gasteiger partial charge in [-0.15, -0.1) is 12.6 Å². The molecule has 3 N–H and O–H groups in total. The number of hydrogen-bond donors (Lipinski definition) is 3. The molecule has 1 atom stereocenters. The van der Waals surface area contributed by atoms with Crippen molar-refractivity contribution >= 4 is 35.5 Å². The summed E-state index contributed by atoms with van der Waals surface area (Å²) in [5, 5.41) is 13.2. The van der Waals surface area contributed by atoms with E-state index in [1.54, 1.807) is 24.8 Å². The average molecular weight is 351 g/mol. The fraction of sp³-hybridized carbons (Fsp3) is 0.0588. The van der Waals surface area contributed by atoms with Crippen molar-refractivity contribution in [3.63, 3.8) is 0 Å². The van der Waals surface area contributed by atoms with Crippen LogP contribution in [-0.2, 0) is 0 Å². The van der Waals surface area contributed by atoms with Gasteiger partial charge in [0.2, 0.25) is 0 Å². The van der Waals surface area contributed by atoms with E-state index in [1.165, 1.54) is 0 Å². The lowest BCUT2D eigenvalue weighted by molar-refractivity contribution is 0.921. The molecule has 0 bridgehead atoms. The summed E-state index contributed by atoms with van der Waals surface area (Å²) < 4.78 is 0. The number of allylic oxidation sites excluding steroid dienone is 1. The number of nitriles is 1. The first-order chi connectivity index (χ1) is 11.6. The molecule has 0 unspecified atom stereocenters. The van der Waals surface area contributed by atoms with Gasteiger partial charge in [0.25, 0.3) is 0 Å². The van der Waals surface area contributed by atoms with Gasteiger partial charge in [-0.05, 0) is 29.8 Å². The normalized spacial score (nSPS) is 17.2. The first kappa shape index (κ1) is 16.2. The third-order valence-electron chi connectivity index (χ3n) is 3.72. The summed E-state index contributed by atoms with van der Waals surface area (Å²) in [7, 11) is 0. The molecule has 3 rings (SSSR count). The second-order valence-electron chi connectivity index (χ2n) is 5.11. The maximum Gasteiger partial charge on any atom is 0.103 e. The number of thiocarbonyl (C=S) groups is 1. The molecule has 2 aromatic rings. The molecule has 0 saturated heterocycles. The second kappa shape index (κ2) is 6.83. The highest BCUT2D eigenvalue weighted by atomic mass is 32.1. The molecule has 3 heterocycles. The fourth-order valence-electron chi connectivity index (χ4n) is 2.69. The lowest BCUT2D eigenvalue weighted by Crippen LogP contribution is -2.29. The van der Waals surface area contributed by atoms with E-state index in [1.807, 2.05) is 24.3 Å². The van der Waals surface area contributed by atoms with E-state index in [0.717, 1.165) is 11.1 Å². The van der Waals surface area contributed by atoms with Crippen molar-refractivity contribution in [2.75, 3.05) is 0 Å². The standard InChI is InChI=1S/C17H13N5S2/c18-8-12-13(10-3-6-20-7-4-10)14(16(19)23)15(22-17(12)24)11-2-1-5-21-9-11/h1-7,9,13,22,24H,(H2,19,23)/t13-/m0/s1. The predicted molar refractivity (Wildman–Crippen MR) is 99.7 cm³/mol. The zero-order chi connectivity index (χ0) is 17.1. The van der Waals surface area contributed by atoms with Crippen molar-refractivity contribution in [2.45, 2.75) is 5.92 Å². The number of thiol groups is 1. The predicted octanol–water partition coefficient (Wildman–Crippen LogP) is 2.53. The van der Waals surface area contributed by atoms with Crippen LogP contribution in [0.25, 0.3) is 5.70 Å². The van der Waals surface area contributed by atoms with Crippen LogP contribution in [0.4, 0.5) is 0 Å². The Labute approximate surface area is 150 Å². The first-order valence-corrected chi connectivity index (χ1v) is 7.93. The number of nitrogens with one attached hydrogen (secondary N) is 1. The van der Waals surface area contributed by atoms with E-state index in [0.29, 0.717) is 21.9 Å². The van der Waals surface area contributed by atoms with E-state index in [2.05, 4.69) is 34.0 Å². The van der Waals surface area contributed by atoms with Gasteiger partial charge in [-0.1, -0.05) is 12.2 Å². The maximum absolute atomic E-state index is 9.62. The summed E-state index contributed by atoms with van der Waals surface area (Å²) in [6, 6.07) is 9.62. The molecular weight excluding hydrogens is 338 g/mol. The van der Waals surface area contributed by atoms with Crippen molar-refractivity contribution in [3.8, 4) is 6.07 Å². The topological polar surface area (TPSA) is 87.6 Å². The highest BCUT2D eigenvalue weighted by molar-refractivity contribution is 7.84. The lowest BCUT2D eigenvalue weighted by atomic mass is 9.81. The van der Waals surface area contributed by atoms with Crippen LogP contribution < -0.4 is 11.1 Å². The molecule has 0 radical (unpaired) electrons. The molecule has 0 spiro atoms. The third-order valence-corrected chi connectivity index (χ3v) is 4.29. The molecule has 24 heavy (non-hydrogen) atoms. The second-order valence-corrected chi connectivity index (χ2v) is 5.99. The molecule has 5 nitrogen and oxygen atoms in total. The highest BCUT2D eigenvalue weighted by Crippen LogP contribution is 2.40. The van der Waals surface area contributed by atoms with Crippen LogP contribution in [0.5, 0.6) is 0 Å². The van der Waals surface area contributed by atoms with Crippen LogP contribution in [0.2, 0.25) is 0 Å². The molecule has 1 aliphatic heterocycles. The van der Waals surface area contributed by atoms with E-state index < -0.39 is 5.92 Å². The SMILES string of the molecule is N#CC1=C(S)NC(c2cccnc2)=C(C(N)=S)[C@H]1c1ccncc1. The third kappa shape index (κ3) is 2.89.